The first-order valence-corrected chi connectivity index (χ1v) is 10.3. The van der Waals surface area contributed by atoms with Gasteiger partial charge in [0.05, 0.1) is 11.8 Å². The van der Waals surface area contributed by atoms with E-state index in [1.807, 2.05) is 6.20 Å². The first-order valence-electron chi connectivity index (χ1n) is 10.3. The fraction of sp³-hybridized carbons (Fsp3) is 0.375. The molecule has 0 amide bonds. The Morgan fingerprint density at radius 2 is 1.61 bits per heavy atom. The number of rotatable bonds is 7. The Hall–Kier alpha value is -2.43. The van der Waals surface area contributed by atoms with Gasteiger partial charge in [0.2, 0.25) is 0 Å². The quantitative estimate of drug-likeness (QED) is 0.648. The summed E-state index contributed by atoms with van der Waals surface area (Å²) < 4.78 is 6.65. The van der Waals surface area contributed by atoms with Gasteiger partial charge in [0, 0.05) is 31.4 Å². The van der Waals surface area contributed by atoms with Crippen molar-refractivity contribution in [3.05, 3.63) is 89.2 Å². The van der Waals surface area contributed by atoms with Crippen molar-refractivity contribution in [1.29, 1.82) is 0 Å². The Morgan fingerprint density at radius 3 is 2.18 bits per heavy atom. The first kappa shape index (κ1) is 18.9. The molecule has 1 N–H and O–H groups in total. The number of aryl methyl sites for hydroxylation is 1. The summed E-state index contributed by atoms with van der Waals surface area (Å²) in [7, 11) is 0. The fourth-order valence-electron chi connectivity index (χ4n) is 4.03. The van der Waals surface area contributed by atoms with Gasteiger partial charge in [0.25, 0.3) is 0 Å². The molecule has 4 nitrogen and oxygen atoms in total. The molecule has 4 rings (SSSR count). The molecule has 0 aliphatic carbocycles. The minimum Gasteiger partial charge on any atom is -0.365 e. The normalized spacial score (nSPS) is 15.9. The minimum absolute atomic E-state index is 0.000446. The van der Waals surface area contributed by atoms with Crippen LogP contribution >= 0.6 is 0 Å². The van der Waals surface area contributed by atoms with Crippen LogP contribution in [0.5, 0.6) is 0 Å². The number of likely N-dealkylation sites (tertiary alicyclic amines) is 1. The standard InChI is InChI=1S/C24H29N3O/c1-2-23-21(17-25-26-23)18-27-15-13-22(14-16-27)28-24(19-9-5-3-6-10-19)20-11-7-4-8-12-20/h3-12,17,22,24H,2,13-16,18H2,1H3,(H,25,26). The molecule has 3 aromatic rings. The van der Waals surface area contributed by atoms with Crippen LogP contribution in [0.3, 0.4) is 0 Å². The van der Waals surface area contributed by atoms with Gasteiger partial charge in [-0.3, -0.25) is 10.00 Å². The van der Waals surface area contributed by atoms with Gasteiger partial charge >= 0.3 is 0 Å². The average molecular weight is 376 g/mol. The molecule has 1 saturated heterocycles. The summed E-state index contributed by atoms with van der Waals surface area (Å²) >= 11 is 0. The van der Waals surface area contributed by atoms with Gasteiger partial charge in [0.15, 0.2) is 0 Å². The molecule has 0 atom stereocenters. The predicted molar refractivity (Wildman–Crippen MR) is 112 cm³/mol. The van der Waals surface area contributed by atoms with Gasteiger partial charge in [-0.05, 0) is 30.4 Å². The highest BCUT2D eigenvalue weighted by Gasteiger charge is 2.25. The van der Waals surface area contributed by atoms with Crippen molar-refractivity contribution in [2.45, 2.75) is 44.9 Å². The van der Waals surface area contributed by atoms with Crippen molar-refractivity contribution < 1.29 is 4.74 Å². The van der Waals surface area contributed by atoms with Crippen LogP contribution in [0.15, 0.2) is 66.9 Å². The summed E-state index contributed by atoms with van der Waals surface area (Å²) in [4.78, 5) is 2.52. The minimum atomic E-state index is -0.000446. The van der Waals surface area contributed by atoms with Crippen LogP contribution in [-0.4, -0.2) is 34.3 Å². The van der Waals surface area contributed by atoms with Crippen molar-refractivity contribution >= 4 is 0 Å². The molecular formula is C24H29N3O. The molecular weight excluding hydrogens is 346 g/mol. The zero-order valence-electron chi connectivity index (χ0n) is 16.6. The van der Waals surface area contributed by atoms with Crippen molar-refractivity contribution in [3.8, 4) is 0 Å². The number of H-pyrrole nitrogens is 1. The van der Waals surface area contributed by atoms with Crippen molar-refractivity contribution in [1.82, 2.24) is 15.1 Å². The molecule has 0 bridgehead atoms. The highest BCUT2D eigenvalue weighted by molar-refractivity contribution is 5.30. The number of nitrogens with zero attached hydrogens (tertiary/aromatic N) is 2. The number of nitrogens with one attached hydrogen (secondary N) is 1. The summed E-state index contributed by atoms with van der Waals surface area (Å²) in [5.74, 6) is 0. The monoisotopic (exact) mass is 375 g/mol. The van der Waals surface area contributed by atoms with E-state index in [4.69, 9.17) is 4.74 Å². The molecule has 0 spiro atoms. The van der Waals surface area contributed by atoms with Crippen LogP contribution in [-0.2, 0) is 17.7 Å². The SMILES string of the molecule is CCc1n[nH]cc1CN1CCC(OC(c2ccccc2)c2ccccc2)CC1. The van der Waals surface area contributed by atoms with E-state index in [9.17, 15) is 0 Å². The lowest BCUT2D eigenvalue weighted by molar-refractivity contribution is -0.0281. The van der Waals surface area contributed by atoms with E-state index in [0.717, 1.165) is 38.9 Å². The molecule has 2 heterocycles. The van der Waals surface area contributed by atoms with Gasteiger partial charge in [-0.2, -0.15) is 5.10 Å². The Kier molecular flexibility index (Phi) is 6.20. The highest BCUT2D eigenvalue weighted by Crippen LogP contribution is 2.30. The smallest absolute Gasteiger partial charge is 0.108 e. The van der Waals surface area contributed by atoms with Crippen LogP contribution in [0.2, 0.25) is 0 Å². The van der Waals surface area contributed by atoms with Gasteiger partial charge in [-0.1, -0.05) is 67.6 Å². The molecule has 4 heteroatoms. The number of hydrogen-bond acceptors (Lipinski definition) is 3. The lowest BCUT2D eigenvalue weighted by Gasteiger charge is -2.34. The first-order chi connectivity index (χ1) is 13.8. The van der Waals surface area contributed by atoms with Crippen molar-refractivity contribution in [2.75, 3.05) is 13.1 Å². The molecule has 146 valence electrons. The molecule has 0 saturated carbocycles. The van der Waals surface area contributed by atoms with Crippen LogP contribution < -0.4 is 0 Å². The van der Waals surface area contributed by atoms with E-state index >= 15 is 0 Å². The van der Waals surface area contributed by atoms with Crippen LogP contribution in [0.25, 0.3) is 0 Å². The maximum Gasteiger partial charge on any atom is 0.108 e. The second-order valence-corrected chi connectivity index (χ2v) is 7.52. The van der Waals surface area contributed by atoms with E-state index < -0.39 is 0 Å². The van der Waals surface area contributed by atoms with Crippen LogP contribution in [0.1, 0.15) is 48.3 Å². The van der Waals surface area contributed by atoms with E-state index in [1.54, 1.807) is 0 Å². The molecule has 1 aliphatic rings. The molecule has 0 unspecified atom stereocenters. The zero-order chi connectivity index (χ0) is 19.2. The summed E-state index contributed by atoms with van der Waals surface area (Å²) in [6.45, 7) is 5.27. The van der Waals surface area contributed by atoms with E-state index in [-0.39, 0.29) is 12.2 Å². The van der Waals surface area contributed by atoms with E-state index in [0.29, 0.717) is 0 Å². The Labute approximate surface area is 167 Å². The van der Waals surface area contributed by atoms with Crippen molar-refractivity contribution in [3.63, 3.8) is 0 Å². The van der Waals surface area contributed by atoms with Gasteiger partial charge in [0.1, 0.15) is 6.10 Å². The number of benzene rings is 2. The third kappa shape index (κ3) is 4.51. The van der Waals surface area contributed by atoms with Crippen LogP contribution in [0.4, 0.5) is 0 Å². The molecule has 2 aromatic carbocycles. The summed E-state index contributed by atoms with van der Waals surface area (Å²) in [6.07, 6.45) is 5.44. The predicted octanol–water partition coefficient (Wildman–Crippen LogP) is 4.74. The number of ether oxygens (including phenoxy) is 1. The lowest BCUT2D eigenvalue weighted by Crippen LogP contribution is -2.37. The van der Waals surface area contributed by atoms with Gasteiger partial charge < -0.3 is 4.74 Å². The van der Waals surface area contributed by atoms with Gasteiger partial charge in [-0.25, -0.2) is 0 Å². The fourth-order valence-corrected chi connectivity index (χ4v) is 4.03. The summed E-state index contributed by atoms with van der Waals surface area (Å²) in [5, 5.41) is 7.35. The number of aromatic nitrogens is 2. The number of hydrogen-bond donors (Lipinski definition) is 1. The average Bonchev–Trinajstić information content (AvgIpc) is 3.21. The third-order valence-electron chi connectivity index (χ3n) is 5.61. The molecule has 0 radical (unpaired) electrons. The van der Waals surface area contributed by atoms with Gasteiger partial charge in [-0.15, -0.1) is 0 Å². The summed E-state index contributed by atoms with van der Waals surface area (Å²) in [5.41, 5.74) is 4.96. The second-order valence-electron chi connectivity index (χ2n) is 7.52. The van der Waals surface area contributed by atoms with Crippen molar-refractivity contribution in [2.24, 2.45) is 0 Å². The topological polar surface area (TPSA) is 41.2 Å². The number of piperidine rings is 1. The maximum absolute atomic E-state index is 6.65. The highest BCUT2D eigenvalue weighted by atomic mass is 16.5. The Bertz CT molecular complexity index is 799. The van der Waals surface area contributed by atoms with Crippen LogP contribution in [0, 0.1) is 0 Å². The Morgan fingerprint density at radius 1 is 1.00 bits per heavy atom. The van der Waals surface area contributed by atoms with E-state index in [2.05, 4.69) is 82.7 Å². The maximum atomic E-state index is 6.65. The number of aromatic amines is 1. The lowest BCUT2D eigenvalue weighted by atomic mass is 10.00. The summed E-state index contributed by atoms with van der Waals surface area (Å²) in [6, 6.07) is 21.1. The molecule has 1 fully saturated rings. The largest absolute Gasteiger partial charge is 0.365 e. The third-order valence-corrected chi connectivity index (χ3v) is 5.61. The molecule has 1 aliphatic heterocycles. The second kappa shape index (κ2) is 9.18. The molecule has 28 heavy (non-hydrogen) atoms. The Balaban J connectivity index is 1.39. The molecule has 1 aromatic heterocycles. The zero-order valence-corrected chi connectivity index (χ0v) is 16.6. The van der Waals surface area contributed by atoms with E-state index in [1.165, 1.54) is 22.4 Å².